The van der Waals surface area contributed by atoms with Crippen molar-refractivity contribution in [3.8, 4) is 0 Å². The van der Waals surface area contributed by atoms with Crippen LogP contribution in [0.25, 0.3) is 6.08 Å². The summed E-state index contributed by atoms with van der Waals surface area (Å²) in [5.41, 5.74) is 6.59. The average molecular weight is 434 g/mol. The Morgan fingerprint density at radius 3 is 2.55 bits per heavy atom. The Hall–Kier alpha value is -0.170. The third-order valence-corrected chi connectivity index (χ3v) is 14.2. The Labute approximate surface area is 132 Å². The third kappa shape index (κ3) is 2.40. The van der Waals surface area contributed by atoms with Gasteiger partial charge in [-0.1, -0.05) is 0 Å². The Kier molecular flexibility index (Phi) is 4.36. The van der Waals surface area contributed by atoms with E-state index in [4.69, 9.17) is 0 Å². The van der Waals surface area contributed by atoms with Crippen molar-refractivity contribution in [1.82, 2.24) is 0 Å². The summed E-state index contributed by atoms with van der Waals surface area (Å²) in [5.74, 6) is 0. The van der Waals surface area contributed by atoms with E-state index in [9.17, 15) is 0 Å². The van der Waals surface area contributed by atoms with Crippen LogP contribution in [0.4, 0.5) is 0 Å². The van der Waals surface area contributed by atoms with Crippen LogP contribution in [0.3, 0.4) is 0 Å². The molecule has 1 atom stereocenters. The molecule has 0 aliphatic heterocycles. The van der Waals surface area contributed by atoms with Crippen molar-refractivity contribution in [3.05, 3.63) is 40.5 Å². The summed E-state index contributed by atoms with van der Waals surface area (Å²) in [4.78, 5) is 0. The summed E-state index contributed by atoms with van der Waals surface area (Å²) in [6.07, 6.45) is 14.6. The predicted octanol–water partition coefficient (Wildman–Crippen LogP) is 5.69. The predicted molar refractivity (Wildman–Crippen MR) is 85.0 cm³/mol. The van der Waals surface area contributed by atoms with Crippen LogP contribution in [0.5, 0.6) is 0 Å². The fourth-order valence-corrected chi connectivity index (χ4v) is 10.7. The van der Waals surface area contributed by atoms with Crippen LogP contribution in [0.15, 0.2) is 18.2 Å². The molecule has 0 heterocycles. The van der Waals surface area contributed by atoms with E-state index in [1.165, 1.54) is 44.9 Å². The molecule has 0 nitrogen and oxygen atoms in total. The van der Waals surface area contributed by atoms with Gasteiger partial charge in [0.05, 0.1) is 0 Å². The first-order chi connectivity index (χ1) is 9.67. The van der Waals surface area contributed by atoms with E-state index in [1.807, 2.05) is 0 Å². The molecule has 1 aromatic rings. The second kappa shape index (κ2) is 5.91. The molecule has 3 rings (SSSR count). The van der Waals surface area contributed by atoms with E-state index in [0.29, 0.717) is 3.17 Å². The van der Waals surface area contributed by atoms with E-state index >= 15 is 0 Å². The van der Waals surface area contributed by atoms with Gasteiger partial charge in [0.25, 0.3) is 0 Å². The van der Waals surface area contributed by atoms with Gasteiger partial charge < -0.3 is 0 Å². The monoisotopic (exact) mass is 435 g/mol. The average Bonchev–Trinajstić information content (AvgIpc) is 3.01. The van der Waals surface area contributed by atoms with Crippen molar-refractivity contribution in [2.75, 3.05) is 0 Å². The first-order valence-corrected chi connectivity index (χ1v) is 17.3. The van der Waals surface area contributed by atoms with E-state index in [0.717, 1.165) is 0 Å². The molecular weight excluding hydrogens is 407 g/mol. The van der Waals surface area contributed by atoms with Crippen LogP contribution in [0, 0.1) is 0 Å². The van der Waals surface area contributed by atoms with Gasteiger partial charge in [0.15, 0.2) is 0 Å². The molecule has 1 heteroatoms. The molecule has 0 aromatic heterocycles. The summed E-state index contributed by atoms with van der Waals surface area (Å²) in [6, 6.07) is 5.13. The number of hydrogen-bond acceptors (Lipinski definition) is 0. The Morgan fingerprint density at radius 2 is 1.85 bits per heavy atom. The van der Waals surface area contributed by atoms with Gasteiger partial charge in [0.1, 0.15) is 0 Å². The molecule has 0 saturated carbocycles. The van der Waals surface area contributed by atoms with Crippen molar-refractivity contribution >= 4 is 6.08 Å². The van der Waals surface area contributed by atoms with Crippen LogP contribution in [0.1, 0.15) is 61.3 Å². The van der Waals surface area contributed by atoms with Gasteiger partial charge in [-0.05, 0) is 0 Å². The number of unbranched alkanes of at least 4 members (excludes halogenated alkanes) is 2. The second-order valence-corrected chi connectivity index (χ2v) is 17.2. The summed E-state index contributed by atoms with van der Waals surface area (Å²) in [7, 11) is 0. The minimum atomic E-state index is -1.52. The molecule has 0 spiro atoms. The Bertz CT molecular complexity index is 527. The van der Waals surface area contributed by atoms with Crippen molar-refractivity contribution in [2.24, 2.45) is 0 Å². The number of hydrogen-bond donors (Lipinski definition) is 0. The van der Waals surface area contributed by atoms with Crippen LogP contribution in [-0.4, -0.2) is 0 Å². The molecule has 0 amide bonds. The molecule has 2 aliphatic carbocycles. The van der Waals surface area contributed by atoms with Gasteiger partial charge in [-0.3, -0.25) is 0 Å². The molecule has 1 unspecified atom stereocenters. The topological polar surface area (TPSA) is 0 Å². The standard InChI is InChI=1S/C17H21.2CH3.Hf/c1-2-3-4-6-13-9-10-16-11-14-7-5-8-15(14)12-17(13)16;;;/h9-12H,2-8H2,1H3;2*1H3;. The third-order valence-electron chi connectivity index (χ3n) is 5.36. The zero-order chi connectivity index (χ0) is 14.2. The fourth-order valence-electron chi connectivity index (χ4n) is 4.05. The summed E-state index contributed by atoms with van der Waals surface area (Å²) in [5, 5.41) is 0. The first-order valence-electron chi connectivity index (χ1n) is 8.33. The fraction of sp³-hybridized carbons (Fsp3) is 0.579. The van der Waals surface area contributed by atoms with E-state index in [2.05, 4.69) is 40.6 Å². The Balaban J connectivity index is 1.97. The molecule has 0 saturated heterocycles. The maximum absolute atomic E-state index is 2.62. The van der Waals surface area contributed by atoms with Crippen molar-refractivity contribution in [3.63, 3.8) is 0 Å². The van der Waals surface area contributed by atoms with Gasteiger partial charge in [-0.25, -0.2) is 0 Å². The number of benzene rings is 1. The molecular formula is C19H27Hf. The molecule has 20 heavy (non-hydrogen) atoms. The van der Waals surface area contributed by atoms with Crippen molar-refractivity contribution in [2.45, 2.75) is 64.4 Å². The van der Waals surface area contributed by atoms with E-state index in [-0.39, 0.29) is 0 Å². The molecule has 107 valence electrons. The van der Waals surface area contributed by atoms with Crippen molar-refractivity contribution in [1.29, 1.82) is 0 Å². The zero-order valence-electron chi connectivity index (χ0n) is 13.3. The Morgan fingerprint density at radius 1 is 1.10 bits per heavy atom. The summed E-state index contributed by atoms with van der Waals surface area (Å²) < 4.78 is 5.75. The van der Waals surface area contributed by atoms with Crippen LogP contribution >= 0.6 is 0 Å². The van der Waals surface area contributed by atoms with E-state index < -0.39 is 21.4 Å². The number of rotatable bonds is 5. The molecule has 0 N–H and O–H groups in total. The van der Waals surface area contributed by atoms with Crippen LogP contribution in [0.2, 0.25) is 9.36 Å². The maximum atomic E-state index is 2.62. The second-order valence-electron chi connectivity index (χ2n) is 6.82. The number of aryl methyl sites for hydroxylation is 2. The van der Waals surface area contributed by atoms with E-state index in [1.54, 1.807) is 22.3 Å². The molecule has 2 aliphatic rings. The zero-order valence-corrected chi connectivity index (χ0v) is 16.9. The van der Waals surface area contributed by atoms with Crippen molar-refractivity contribution < 1.29 is 21.4 Å². The van der Waals surface area contributed by atoms with Gasteiger partial charge in [-0.2, -0.15) is 0 Å². The minimum absolute atomic E-state index is 0.521. The molecule has 0 bridgehead atoms. The number of allylic oxidation sites excluding steroid dienone is 1. The molecule has 0 fully saturated rings. The van der Waals surface area contributed by atoms with Gasteiger partial charge in [-0.15, -0.1) is 0 Å². The quantitative estimate of drug-likeness (QED) is 0.413. The molecule has 0 radical (unpaired) electrons. The van der Waals surface area contributed by atoms with Gasteiger partial charge >= 0.3 is 132 Å². The van der Waals surface area contributed by atoms with Gasteiger partial charge in [0.2, 0.25) is 0 Å². The first kappa shape index (κ1) is 14.8. The number of fused-ring (bicyclic) bond motifs is 2. The SMILES string of the molecule is CCCCC[C]1([Hf]([CH3])[CH3])C=Cc2cc3c(cc21)CCC3. The summed E-state index contributed by atoms with van der Waals surface area (Å²) >= 11 is -1.52. The van der Waals surface area contributed by atoms with Crippen LogP contribution in [-0.2, 0) is 37.5 Å². The van der Waals surface area contributed by atoms with Gasteiger partial charge in [0, 0.05) is 0 Å². The molecule has 1 aromatic carbocycles. The normalized spacial score (nSPS) is 22.9. The van der Waals surface area contributed by atoms with Crippen LogP contribution < -0.4 is 0 Å². The summed E-state index contributed by atoms with van der Waals surface area (Å²) in [6.45, 7) is 2.32.